The summed E-state index contributed by atoms with van der Waals surface area (Å²) in [5.74, 6) is 0.397. The Morgan fingerprint density at radius 2 is 1.05 bits per heavy atom. The molecular formula is C34H32N4O6. The van der Waals surface area contributed by atoms with Crippen molar-refractivity contribution in [3.8, 4) is 11.5 Å². The first-order chi connectivity index (χ1) is 21.5. The van der Waals surface area contributed by atoms with Gasteiger partial charge in [0.05, 0.1) is 13.1 Å². The molecule has 6 heterocycles. The molecule has 4 aliphatic heterocycles. The smallest absolute Gasteiger partial charge is 0.349 e. The van der Waals surface area contributed by atoms with Crippen LogP contribution in [0.2, 0.25) is 0 Å². The van der Waals surface area contributed by atoms with Gasteiger partial charge in [-0.1, -0.05) is 36.4 Å². The SMILES string of the molecule is O=C(/C=C\C(=O)ON1CCC2(C1)Oc1ccccc1C2n1cccc1)ON1CCC2(C1)Oc1ccccc1C2n1cccc1. The van der Waals surface area contributed by atoms with Crippen LogP contribution < -0.4 is 9.47 Å². The van der Waals surface area contributed by atoms with Crippen LogP contribution in [-0.4, -0.2) is 68.6 Å². The lowest BCUT2D eigenvalue weighted by Gasteiger charge is -2.31. The number of carbonyl (C=O) groups excluding carboxylic acids is 2. The van der Waals surface area contributed by atoms with E-state index in [0.29, 0.717) is 39.0 Å². The van der Waals surface area contributed by atoms with Crippen LogP contribution in [0.15, 0.2) is 110 Å². The summed E-state index contributed by atoms with van der Waals surface area (Å²) in [5, 5.41) is 3.22. The van der Waals surface area contributed by atoms with Gasteiger partial charge >= 0.3 is 11.9 Å². The van der Waals surface area contributed by atoms with Gasteiger partial charge in [-0.3, -0.25) is 0 Å². The van der Waals surface area contributed by atoms with E-state index < -0.39 is 23.1 Å². The van der Waals surface area contributed by atoms with Gasteiger partial charge in [0.1, 0.15) is 23.6 Å². The predicted molar refractivity (Wildman–Crippen MR) is 158 cm³/mol. The van der Waals surface area contributed by atoms with E-state index in [9.17, 15) is 9.59 Å². The van der Waals surface area contributed by atoms with E-state index >= 15 is 0 Å². The van der Waals surface area contributed by atoms with Crippen LogP contribution >= 0.6 is 0 Å². The Labute approximate surface area is 254 Å². The Hall–Kier alpha value is -4.80. The molecule has 2 saturated heterocycles. The summed E-state index contributed by atoms with van der Waals surface area (Å²) in [4.78, 5) is 36.7. The first-order valence-electron chi connectivity index (χ1n) is 14.9. The Morgan fingerprint density at radius 1 is 0.636 bits per heavy atom. The molecule has 4 atom stereocenters. The summed E-state index contributed by atoms with van der Waals surface area (Å²) in [7, 11) is 0. The standard InChI is InChI=1S/C34H32N4O6/c39-29(43-37-21-15-33(23-37)31(35-17-5-6-18-35)25-9-1-3-11-27(25)41-33)13-14-30(40)44-38-22-16-34(24-38)32(36-19-7-8-20-36)26-10-2-4-12-28(26)42-34/h1-14,17-20,31-32H,15-16,21-24H2/b14-13-. The summed E-state index contributed by atoms with van der Waals surface area (Å²) in [6.07, 6.45) is 11.7. The molecule has 10 heteroatoms. The topological polar surface area (TPSA) is 87.4 Å². The second-order valence-electron chi connectivity index (χ2n) is 11.9. The fourth-order valence-corrected chi connectivity index (χ4v) is 7.38. The molecule has 0 amide bonds. The van der Waals surface area contributed by atoms with Crippen molar-refractivity contribution >= 4 is 11.9 Å². The van der Waals surface area contributed by atoms with Gasteiger partial charge in [0.2, 0.25) is 0 Å². The second-order valence-corrected chi connectivity index (χ2v) is 11.9. The molecule has 2 aromatic heterocycles. The van der Waals surface area contributed by atoms with Gasteiger partial charge in [-0.15, -0.1) is 10.1 Å². The lowest BCUT2D eigenvalue weighted by Crippen LogP contribution is -2.44. The van der Waals surface area contributed by atoms with E-state index in [1.165, 1.54) is 0 Å². The summed E-state index contributed by atoms with van der Waals surface area (Å²) in [5.41, 5.74) is 1.07. The highest BCUT2D eigenvalue weighted by atomic mass is 16.7. The molecule has 4 unspecified atom stereocenters. The van der Waals surface area contributed by atoms with Gasteiger partial charge in [0, 0.05) is 74.0 Å². The largest absolute Gasteiger partial charge is 0.483 e. The third-order valence-corrected chi connectivity index (χ3v) is 9.15. The number of hydrogen-bond acceptors (Lipinski definition) is 8. The normalized spacial score (nSPS) is 27.5. The third kappa shape index (κ3) is 4.49. The van der Waals surface area contributed by atoms with Gasteiger partial charge in [0.15, 0.2) is 11.2 Å². The fourth-order valence-electron chi connectivity index (χ4n) is 7.38. The van der Waals surface area contributed by atoms with Crippen molar-refractivity contribution in [2.45, 2.75) is 36.1 Å². The second kappa shape index (κ2) is 10.4. The fraction of sp³-hybridized carbons (Fsp3) is 0.294. The van der Waals surface area contributed by atoms with Gasteiger partial charge < -0.3 is 28.3 Å². The molecule has 0 saturated carbocycles. The zero-order valence-corrected chi connectivity index (χ0v) is 24.0. The van der Waals surface area contributed by atoms with Gasteiger partial charge in [-0.25, -0.2) is 9.59 Å². The molecule has 224 valence electrons. The molecule has 4 aromatic rings. The summed E-state index contributed by atoms with van der Waals surface area (Å²) in [6, 6.07) is 24.0. The van der Waals surface area contributed by atoms with E-state index in [1.807, 2.05) is 85.5 Å². The number of para-hydroxylation sites is 2. The molecule has 0 bridgehead atoms. The van der Waals surface area contributed by atoms with Crippen LogP contribution in [0.5, 0.6) is 11.5 Å². The zero-order chi connectivity index (χ0) is 29.7. The lowest BCUT2D eigenvalue weighted by molar-refractivity contribution is -0.184. The van der Waals surface area contributed by atoms with Crippen molar-refractivity contribution in [1.29, 1.82) is 0 Å². The molecular weight excluding hydrogens is 560 g/mol. The number of carbonyl (C=O) groups is 2. The minimum Gasteiger partial charge on any atom is -0.483 e. The first-order valence-corrected chi connectivity index (χ1v) is 14.9. The Balaban J connectivity index is 0.890. The van der Waals surface area contributed by atoms with Crippen LogP contribution in [0.1, 0.15) is 36.1 Å². The van der Waals surface area contributed by atoms with Crippen molar-refractivity contribution in [2.24, 2.45) is 0 Å². The van der Waals surface area contributed by atoms with Crippen LogP contribution in [-0.2, 0) is 19.3 Å². The highest BCUT2D eigenvalue weighted by Crippen LogP contribution is 2.51. The highest BCUT2D eigenvalue weighted by molar-refractivity contribution is 5.91. The molecule has 2 fully saturated rings. The number of ether oxygens (including phenoxy) is 2. The Bertz CT molecular complexity index is 1590. The molecule has 0 aliphatic carbocycles. The lowest BCUT2D eigenvalue weighted by atomic mass is 9.90. The number of hydroxylamine groups is 4. The molecule has 44 heavy (non-hydrogen) atoms. The van der Waals surface area contributed by atoms with Crippen molar-refractivity contribution in [3.63, 3.8) is 0 Å². The molecule has 2 spiro atoms. The van der Waals surface area contributed by atoms with Crippen LogP contribution in [0, 0.1) is 0 Å². The van der Waals surface area contributed by atoms with Crippen molar-refractivity contribution in [1.82, 2.24) is 19.3 Å². The van der Waals surface area contributed by atoms with E-state index in [-0.39, 0.29) is 12.1 Å². The highest BCUT2D eigenvalue weighted by Gasteiger charge is 2.55. The quantitative estimate of drug-likeness (QED) is 0.306. The third-order valence-electron chi connectivity index (χ3n) is 9.15. The summed E-state index contributed by atoms with van der Waals surface area (Å²) < 4.78 is 17.3. The molecule has 2 aromatic carbocycles. The first kappa shape index (κ1) is 26.8. The molecule has 10 nitrogen and oxygen atoms in total. The van der Waals surface area contributed by atoms with Crippen molar-refractivity contribution < 1.29 is 28.7 Å². The zero-order valence-electron chi connectivity index (χ0n) is 24.0. The maximum absolute atomic E-state index is 12.7. The average molecular weight is 593 g/mol. The number of fused-ring (bicyclic) bond motifs is 2. The van der Waals surface area contributed by atoms with E-state index in [2.05, 4.69) is 21.3 Å². The molecule has 0 radical (unpaired) electrons. The van der Waals surface area contributed by atoms with Gasteiger partial charge in [-0.05, 0) is 36.4 Å². The van der Waals surface area contributed by atoms with Crippen molar-refractivity contribution in [2.75, 3.05) is 26.2 Å². The maximum Gasteiger partial charge on any atom is 0.349 e. The summed E-state index contributed by atoms with van der Waals surface area (Å²) in [6.45, 7) is 1.82. The van der Waals surface area contributed by atoms with Crippen molar-refractivity contribution in [3.05, 3.63) is 121 Å². The number of nitrogens with zero attached hydrogens (tertiary/aromatic N) is 4. The van der Waals surface area contributed by atoms with E-state index in [4.69, 9.17) is 19.1 Å². The molecule has 4 aliphatic rings. The number of rotatable bonds is 6. The minimum absolute atomic E-state index is 0.0413. The van der Waals surface area contributed by atoms with E-state index in [1.54, 1.807) is 10.1 Å². The van der Waals surface area contributed by atoms with Crippen LogP contribution in [0.4, 0.5) is 0 Å². The summed E-state index contributed by atoms with van der Waals surface area (Å²) >= 11 is 0. The Morgan fingerprint density at radius 3 is 1.48 bits per heavy atom. The van der Waals surface area contributed by atoms with Crippen LogP contribution in [0.25, 0.3) is 0 Å². The minimum atomic E-state index is -0.646. The number of aromatic nitrogens is 2. The maximum atomic E-state index is 12.7. The molecule has 8 rings (SSSR count). The molecule has 0 N–H and O–H groups in total. The Kier molecular flexibility index (Phi) is 6.35. The number of benzene rings is 2. The average Bonchev–Trinajstić information content (AvgIpc) is 3.86. The number of hydrogen-bond donors (Lipinski definition) is 0. The van der Waals surface area contributed by atoms with Crippen LogP contribution in [0.3, 0.4) is 0 Å². The predicted octanol–water partition coefficient (Wildman–Crippen LogP) is 4.32. The monoisotopic (exact) mass is 592 g/mol. The van der Waals surface area contributed by atoms with Gasteiger partial charge in [0.25, 0.3) is 0 Å². The van der Waals surface area contributed by atoms with E-state index in [0.717, 1.165) is 34.8 Å². The van der Waals surface area contributed by atoms with Gasteiger partial charge in [-0.2, -0.15) is 0 Å².